The van der Waals surface area contributed by atoms with Crippen LogP contribution in [0.25, 0.3) is 6.08 Å². The third kappa shape index (κ3) is 2.97. The average molecular weight is 230 g/mol. The van der Waals surface area contributed by atoms with Crippen molar-refractivity contribution in [3.05, 3.63) is 29.7 Å². The molecule has 1 aromatic rings. The van der Waals surface area contributed by atoms with Crippen molar-refractivity contribution < 1.29 is 9.21 Å². The smallest absolute Gasteiger partial charge is 0.262 e. The van der Waals surface area contributed by atoms with Gasteiger partial charge in [0.2, 0.25) is 0 Å². The van der Waals surface area contributed by atoms with Crippen LogP contribution in [0, 0.1) is 11.3 Å². The zero-order valence-corrected chi connectivity index (χ0v) is 9.48. The van der Waals surface area contributed by atoms with Crippen LogP contribution in [0.1, 0.15) is 31.4 Å². The van der Waals surface area contributed by atoms with E-state index in [4.69, 9.17) is 9.68 Å². The highest BCUT2D eigenvalue weighted by atomic mass is 16.3. The normalized spacial score (nSPS) is 16.8. The number of amides is 1. The molecule has 88 valence electrons. The zero-order chi connectivity index (χ0) is 12.1. The van der Waals surface area contributed by atoms with Crippen LogP contribution >= 0.6 is 0 Å². The summed E-state index contributed by atoms with van der Waals surface area (Å²) in [5.41, 5.74) is 0.0897. The molecule has 0 aliphatic heterocycles. The number of hydrogen-bond acceptors (Lipinski definition) is 3. The number of nitrogens with zero attached hydrogens (tertiary/aromatic N) is 1. The van der Waals surface area contributed by atoms with Gasteiger partial charge in [-0.25, -0.2) is 0 Å². The van der Waals surface area contributed by atoms with Gasteiger partial charge >= 0.3 is 0 Å². The first-order valence-electron chi connectivity index (χ1n) is 5.76. The van der Waals surface area contributed by atoms with Gasteiger partial charge in [-0.2, -0.15) is 5.26 Å². The highest BCUT2D eigenvalue weighted by Crippen LogP contribution is 2.18. The highest BCUT2D eigenvalue weighted by Gasteiger charge is 2.19. The Labute approximate surface area is 99.9 Å². The maximum Gasteiger partial charge on any atom is 0.262 e. The molecule has 4 nitrogen and oxygen atoms in total. The van der Waals surface area contributed by atoms with Crippen molar-refractivity contribution in [2.24, 2.45) is 0 Å². The van der Waals surface area contributed by atoms with Crippen LogP contribution in [0.4, 0.5) is 0 Å². The SMILES string of the molecule is N#C/C(=C\c1ccco1)C(=O)NC1CCCC1. The minimum atomic E-state index is -0.309. The summed E-state index contributed by atoms with van der Waals surface area (Å²) in [4.78, 5) is 11.8. The van der Waals surface area contributed by atoms with Crippen LogP contribution in [-0.2, 0) is 4.79 Å². The second-order valence-corrected chi connectivity index (χ2v) is 4.14. The van der Waals surface area contributed by atoms with Gasteiger partial charge in [0.05, 0.1) is 6.26 Å². The fraction of sp³-hybridized carbons (Fsp3) is 0.385. The maximum atomic E-state index is 11.8. The number of hydrogen-bond donors (Lipinski definition) is 1. The quantitative estimate of drug-likeness (QED) is 0.639. The molecule has 2 rings (SSSR count). The van der Waals surface area contributed by atoms with E-state index in [1.54, 1.807) is 12.1 Å². The van der Waals surface area contributed by atoms with Crippen molar-refractivity contribution in [1.29, 1.82) is 5.26 Å². The molecule has 0 spiro atoms. The Hall–Kier alpha value is -2.02. The van der Waals surface area contributed by atoms with Gasteiger partial charge in [0.25, 0.3) is 5.91 Å². The van der Waals surface area contributed by atoms with Gasteiger partial charge in [0.1, 0.15) is 17.4 Å². The lowest BCUT2D eigenvalue weighted by Crippen LogP contribution is -2.33. The summed E-state index contributed by atoms with van der Waals surface area (Å²) in [6, 6.07) is 5.55. The molecule has 1 N–H and O–H groups in total. The zero-order valence-electron chi connectivity index (χ0n) is 9.48. The van der Waals surface area contributed by atoms with Crippen LogP contribution in [-0.4, -0.2) is 11.9 Å². The van der Waals surface area contributed by atoms with E-state index in [0.717, 1.165) is 25.7 Å². The van der Waals surface area contributed by atoms with Crippen molar-refractivity contribution in [2.75, 3.05) is 0 Å². The number of nitriles is 1. The van der Waals surface area contributed by atoms with Crippen molar-refractivity contribution in [2.45, 2.75) is 31.7 Å². The van der Waals surface area contributed by atoms with Gasteiger partial charge in [-0.05, 0) is 25.0 Å². The molecule has 0 unspecified atom stereocenters. The molecular weight excluding hydrogens is 216 g/mol. The van der Waals surface area contributed by atoms with Gasteiger partial charge in [0, 0.05) is 12.1 Å². The van der Waals surface area contributed by atoms with E-state index in [-0.39, 0.29) is 17.5 Å². The second kappa shape index (κ2) is 5.35. The summed E-state index contributed by atoms with van der Waals surface area (Å²) in [5.74, 6) is 0.207. The fourth-order valence-corrected chi connectivity index (χ4v) is 2.00. The van der Waals surface area contributed by atoms with Crippen LogP contribution < -0.4 is 5.32 Å². The molecule has 1 amide bonds. The lowest BCUT2D eigenvalue weighted by atomic mass is 10.2. The number of nitrogens with one attached hydrogen (secondary N) is 1. The maximum absolute atomic E-state index is 11.8. The summed E-state index contributed by atoms with van der Waals surface area (Å²) >= 11 is 0. The highest BCUT2D eigenvalue weighted by molar-refractivity contribution is 6.01. The molecule has 4 heteroatoms. The fourth-order valence-electron chi connectivity index (χ4n) is 2.00. The number of rotatable bonds is 3. The molecule has 0 radical (unpaired) electrons. The Morgan fingerprint density at radius 3 is 2.88 bits per heavy atom. The first-order chi connectivity index (χ1) is 8.29. The second-order valence-electron chi connectivity index (χ2n) is 4.14. The van der Waals surface area contributed by atoms with Crippen LogP contribution in [0.15, 0.2) is 28.4 Å². The molecule has 17 heavy (non-hydrogen) atoms. The Morgan fingerprint density at radius 2 is 2.29 bits per heavy atom. The van der Waals surface area contributed by atoms with Crippen LogP contribution in [0.3, 0.4) is 0 Å². The largest absolute Gasteiger partial charge is 0.465 e. The molecule has 1 saturated carbocycles. The van der Waals surface area contributed by atoms with Gasteiger partial charge in [-0.1, -0.05) is 12.8 Å². The molecule has 0 aromatic carbocycles. The Balaban J connectivity index is 2.03. The van der Waals surface area contributed by atoms with Crippen molar-refractivity contribution >= 4 is 12.0 Å². The van der Waals surface area contributed by atoms with E-state index in [2.05, 4.69) is 5.32 Å². The van der Waals surface area contributed by atoms with E-state index < -0.39 is 0 Å². The van der Waals surface area contributed by atoms with Gasteiger partial charge in [-0.3, -0.25) is 4.79 Å². The van der Waals surface area contributed by atoms with E-state index >= 15 is 0 Å². The third-order valence-corrected chi connectivity index (χ3v) is 2.89. The summed E-state index contributed by atoms with van der Waals surface area (Å²) in [5, 5.41) is 11.8. The molecule has 1 aliphatic rings. The minimum Gasteiger partial charge on any atom is -0.465 e. The number of furan rings is 1. The van der Waals surface area contributed by atoms with Crippen LogP contribution in [0.2, 0.25) is 0 Å². The van der Waals surface area contributed by atoms with Gasteiger partial charge in [0.15, 0.2) is 0 Å². The molecule has 0 atom stereocenters. The molecule has 1 heterocycles. The summed E-state index contributed by atoms with van der Waals surface area (Å²) in [6.07, 6.45) is 7.28. The summed E-state index contributed by atoms with van der Waals surface area (Å²) < 4.78 is 5.08. The Bertz CT molecular complexity index is 448. The topological polar surface area (TPSA) is 66.0 Å². The number of carbonyl (C=O) groups excluding carboxylic acids is 1. The summed E-state index contributed by atoms with van der Waals surface area (Å²) in [6.45, 7) is 0. The monoisotopic (exact) mass is 230 g/mol. The van der Waals surface area contributed by atoms with E-state index in [0.29, 0.717) is 5.76 Å². The third-order valence-electron chi connectivity index (χ3n) is 2.89. The van der Waals surface area contributed by atoms with E-state index in [1.807, 2.05) is 6.07 Å². The predicted octanol–water partition coefficient (Wildman–Crippen LogP) is 2.25. The van der Waals surface area contributed by atoms with Crippen molar-refractivity contribution in [3.8, 4) is 6.07 Å². The molecule has 1 aromatic heterocycles. The first-order valence-corrected chi connectivity index (χ1v) is 5.76. The molecule has 0 saturated heterocycles. The molecular formula is C13H14N2O2. The average Bonchev–Trinajstić information content (AvgIpc) is 2.97. The van der Waals surface area contributed by atoms with Gasteiger partial charge < -0.3 is 9.73 Å². The van der Waals surface area contributed by atoms with Crippen molar-refractivity contribution in [1.82, 2.24) is 5.32 Å². The molecule has 1 aliphatic carbocycles. The molecule has 1 fully saturated rings. The minimum absolute atomic E-state index is 0.0897. The Morgan fingerprint density at radius 1 is 1.53 bits per heavy atom. The summed E-state index contributed by atoms with van der Waals surface area (Å²) in [7, 11) is 0. The van der Waals surface area contributed by atoms with E-state index in [9.17, 15) is 4.79 Å². The number of carbonyl (C=O) groups is 1. The Kier molecular flexibility index (Phi) is 3.61. The van der Waals surface area contributed by atoms with Crippen LogP contribution in [0.5, 0.6) is 0 Å². The lowest BCUT2D eigenvalue weighted by molar-refractivity contribution is -0.117. The van der Waals surface area contributed by atoms with Crippen molar-refractivity contribution in [3.63, 3.8) is 0 Å². The first kappa shape index (κ1) is 11.5. The van der Waals surface area contributed by atoms with E-state index in [1.165, 1.54) is 12.3 Å². The lowest BCUT2D eigenvalue weighted by Gasteiger charge is -2.10. The predicted molar refractivity (Wildman–Crippen MR) is 62.7 cm³/mol. The standard InChI is InChI=1S/C13H14N2O2/c14-9-10(8-12-6-3-7-17-12)13(16)15-11-4-1-2-5-11/h3,6-8,11H,1-2,4-5H2,(H,15,16)/b10-8+. The van der Waals surface area contributed by atoms with Gasteiger partial charge in [-0.15, -0.1) is 0 Å². The molecule has 0 bridgehead atoms.